The molecule has 0 amide bonds. The summed E-state index contributed by atoms with van der Waals surface area (Å²) in [5.74, 6) is 1.23. The Bertz CT molecular complexity index is 499. The van der Waals surface area contributed by atoms with Crippen molar-refractivity contribution in [2.45, 2.75) is 12.3 Å². The molecule has 0 aliphatic rings. The molecule has 6 heteroatoms. The van der Waals surface area contributed by atoms with Gasteiger partial charge in [0.05, 0.1) is 22.3 Å². The number of aromatic nitrogens is 2. The fraction of sp³-hybridized carbons (Fsp3) is 0.200. The van der Waals surface area contributed by atoms with Gasteiger partial charge in [-0.1, -0.05) is 34.4 Å². The van der Waals surface area contributed by atoms with E-state index in [1.165, 1.54) is 0 Å². The Kier molecular flexibility index (Phi) is 3.69. The molecule has 0 N–H and O–H groups in total. The highest BCUT2D eigenvalue weighted by Crippen LogP contribution is 2.23. The largest absolute Gasteiger partial charge is 0.339 e. The Morgan fingerprint density at radius 1 is 1.19 bits per heavy atom. The lowest BCUT2D eigenvalue weighted by Crippen LogP contribution is -1.89. The van der Waals surface area contributed by atoms with Gasteiger partial charge in [-0.25, -0.2) is 0 Å². The second-order valence-corrected chi connectivity index (χ2v) is 4.24. The van der Waals surface area contributed by atoms with E-state index < -0.39 is 0 Å². The third-order valence-electron chi connectivity index (χ3n) is 1.97. The SMILES string of the molecule is ClCc1noc(Cc2ccc(Cl)c(Cl)c2)n1. The van der Waals surface area contributed by atoms with E-state index in [1.54, 1.807) is 12.1 Å². The molecule has 0 radical (unpaired) electrons. The second kappa shape index (κ2) is 5.04. The Morgan fingerprint density at radius 3 is 2.62 bits per heavy atom. The van der Waals surface area contributed by atoms with Crippen molar-refractivity contribution in [3.05, 3.63) is 45.5 Å². The third-order valence-corrected chi connectivity index (χ3v) is 2.95. The maximum absolute atomic E-state index is 5.89. The average molecular weight is 278 g/mol. The van der Waals surface area contributed by atoms with Gasteiger partial charge in [0.25, 0.3) is 0 Å². The molecule has 0 spiro atoms. The van der Waals surface area contributed by atoms with Crippen molar-refractivity contribution in [3.8, 4) is 0 Å². The Labute approximate surface area is 107 Å². The van der Waals surface area contributed by atoms with Crippen molar-refractivity contribution < 1.29 is 4.52 Å². The van der Waals surface area contributed by atoms with Crippen LogP contribution in [-0.2, 0) is 12.3 Å². The van der Waals surface area contributed by atoms with Gasteiger partial charge in [-0.05, 0) is 17.7 Å². The van der Waals surface area contributed by atoms with Gasteiger partial charge >= 0.3 is 0 Å². The van der Waals surface area contributed by atoms with E-state index in [4.69, 9.17) is 39.3 Å². The molecule has 1 aromatic heterocycles. The first kappa shape index (κ1) is 11.7. The van der Waals surface area contributed by atoms with E-state index in [9.17, 15) is 0 Å². The minimum atomic E-state index is 0.241. The molecule has 0 unspecified atom stereocenters. The van der Waals surface area contributed by atoms with Gasteiger partial charge in [-0.3, -0.25) is 0 Å². The predicted octanol–water partition coefficient (Wildman–Crippen LogP) is 3.71. The highest BCUT2D eigenvalue weighted by atomic mass is 35.5. The zero-order valence-electron chi connectivity index (χ0n) is 8.08. The number of rotatable bonds is 3. The fourth-order valence-electron chi connectivity index (χ4n) is 1.24. The molecule has 0 atom stereocenters. The highest BCUT2D eigenvalue weighted by molar-refractivity contribution is 6.42. The van der Waals surface area contributed by atoms with Crippen molar-refractivity contribution in [3.63, 3.8) is 0 Å². The lowest BCUT2D eigenvalue weighted by Gasteiger charge is -1.99. The van der Waals surface area contributed by atoms with Crippen LogP contribution in [0, 0.1) is 0 Å². The molecule has 16 heavy (non-hydrogen) atoms. The van der Waals surface area contributed by atoms with Crippen LogP contribution < -0.4 is 0 Å². The minimum absolute atomic E-state index is 0.241. The quantitative estimate of drug-likeness (QED) is 0.803. The van der Waals surface area contributed by atoms with Crippen molar-refractivity contribution in [1.29, 1.82) is 0 Å². The second-order valence-electron chi connectivity index (χ2n) is 3.16. The molecule has 0 fully saturated rings. The molecular formula is C10H7Cl3N2O. The summed E-state index contributed by atoms with van der Waals surface area (Å²) in [5, 5.41) is 4.73. The summed E-state index contributed by atoms with van der Waals surface area (Å²) in [7, 11) is 0. The number of hydrogen-bond acceptors (Lipinski definition) is 3. The molecule has 0 aliphatic heterocycles. The van der Waals surface area contributed by atoms with E-state index in [0.717, 1.165) is 5.56 Å². The molecule has 0 saturated carbocycles. The molecule has 0 saturated heterocycles. The van der Waals surface area contributed by atoms with E-state index in [0.29, 0.717) is 28.2 Å². The smallest absolute Gasteiger partial charge is 0.231 e. The van der Waals surface area contributed by atoms with E-state index in [1.807, 2.05) is 6.07 Å². The average Bonchev–Trinajstić information content (AvgIpc) is 2.71. The number of halogens is 3. The predicted molar refractivity (Wildman–Crippen MR) is 63.1 cm³/mol. The molecule has 1 aromatic carbocycles. The summed E-state index contributed by atoms with van der Waals surface area (Å²) in [5.41, 5.74) is 0.958. The zero-order valence-corrected chi connectivity index (χ0v) is 10.4. The molecule has 1 heterocycles. The standard InChI is InChI=1S/C10H7Cl3N2O/c11-5-9-14-10(16-15-9)4-6-1-2-7(12)8(13)3-6/h1-3H,4-5H2. The van der Waals surface area contributed by atoms with Gasteiger partial charge in [-0.15, -0.1) is 11.6 Å². The van der Waals surface area contributed by atoms with Crippen LogP contribution in [0.2, 0.25) is 10.0 Å². The topological polar surface area (TPSA) is 38.9 Å². The number of nitrogens with zero attached hydrogens (tertiary/aromatic N) is 2. The highest BCUT2D eigenvalue weighted by Gasteiger charge is 2.07. The van der Waals surface area contributed by atoms with Gasteiger partial charge in [0.1, 0.15) is 0 Å². The Morgan fingerprint density at radius 2 is 2.00 bits per heavy atom. The maximum Gasteiger partial charge on any atom is 0.231 e. The van der Waals surface area contributed by atoms with Crippen LogP contribution in [0.4, 0.5) is 0 Å². The van der Waals surface area contributed by atoms with Crippen LogP contribution in [0.1, 0.15) is 17.3 Å². The monoisotopic (exact) mass is 276 g/mol. The lowest BCUT2D eigenvalue weighted by molar-refractivity contribution is 0.381. The van der Waals surface area contributed by atoms with Crippen LogP contribution >= 0.6 is 34.8 Å². The summed E-state index contributed by atoms with van der Waals surface area (Å²) >= 11 is 17.3. The van der Waals surface area contributed by atoms with Crippen molar-refractivity contribution >= 4 is 34.8 Å². The first-order valence-corrected chi connectivity index (χ1v) is 5.79. The van der Waals surface area contributed by atoms with Crippen molar-refractivity contribution in [2.75, 3.05) is 0 Å². The Hall–Kier alpha value is -0.770. The van der Waals surface area contributed by atoms with E-state index in [2.05, 4.69) is 10.1 Å². The van der Waals surface area contributed by atoms with Crippen LogP contribution in [-0.4, -0.2) is 10.1 Å². The first-order chi connectivity index (χ1) is 7.69. The van der Waals surface area contributed by atoms with Gasteiger partial charge in [-0.2, -0.15) is 4.98 Å². The molecule has 84 valence electrons. The maximum atomic E-state index is 5.89. The van der Waals surface area contributed by atoms with Crippen molar-refractivity contribution in [1.82, 2.24) is 10.1 Å². The molecule has 2 rings (SSSR count). The number of alkyl halides is 1. The molecular weight excluding hydrogens is 270 g/mol. The van der Waals surface area contributed by atoms with Gasteiger partial charge in [0, 0.05) is 0 Å². The first-order valence-electron chi connectivity index (χ1n) is 4.50. The third kappa shape index (κ3) is 2.67. The van der Waals surface area contributed by atoms with Crippen LogP contribution in [0.5, 0.6) is 0 Å². The molecule has 3 nitrogen and oxygen atoms in total. The summed E-state index contributed by atoms with van der Waals surface area (Å²) in [6.07, 6.45) is 0.515. The normalized spacial score (nSPS) is 10.7. The molecule has 0 aliphatic carbocycles. The molecule has 2 aromatic rings. The fourth-order valence-corrected chi connectivity index (χ4v) is 1.67. The Balaban J connectivity index is 2.17. The van der Waals surface area contributed by atoms with E-state index >= 15 is 0 Å². The van der Waals surface area contributed by atoms with E-state index in [-0.39, 0.29) is 5.88 Å². The number of hydrogen-bond donors (Lipinski definition) is 0. The molecule has 0 bridgehead atoms. The lowest BCUT2D eigenvalue weighted by atomic mass is 10.1. The minimum Gasteiger partial charge on any atom is -0.339 e. The van der Waals surface area contributed by atoms with Crippen LogP contribution in [0.25, 0.3) is 0 Å². The van der Waals surface area contributed by atoms with Crippen LogP contribution in [0.3, 0.4) is 0 Å². The summed E-state index contributed by atoms with van der Waals surface area (Å²) in [6.45, 7) is 0. The van der Waals surface area contributed by atoms with Gasteiger partial charge < -0.3 is 4.52 Å². The summed E-state index contributed by atoms with van der Waals surface area (Å²) in [4.78, 5) is 4.09. The zero-order chi connectivity index (χ0) is 11.5. The summed E-state index contributed by atoms with van der Waals surface area (Å²) in [6, 6.07) is 5.37. The van der Waals surface area contributed by atoms with Gasteiger partial charge in [0.2, 0.25) is 5.89 Å². The number of benzene rings is 1. The van der Waals surface area contributed by atoms with Gasteiger partial charge in [0.15, 0.2) is 5.82 Å². The summed E-state index contributed by atoms with van der Waals surface area (Å²) < 4.78 is 5.01. The van der Waals surface area contributed by atoms with Crippen LogP contribution in [0.15, 0.2) is 22.7 Å². The van der Waals surface area contributed by atoms with Crippen molar-refractivity contribution in [2.24, 2.45) is 0 Å².